The lowest BCUT2D eigenvalue weighted by Gasteiger charge is -2.40. The molecule has 1 aromatic heterocycles. The number of alkyl halides is 3. The summed E-state index contributed by atoms with van der Waals surface area (Å²) in [5.41, 5.74) is 5.25. The van der Waals surface area contributed by atoms with Crippen LogP contribution < -0.4 is 5.73 Å². The monoisotopic (exact) mass is 233 g/mol. The van der Waals surface area contributed by atoms with Crippen LogP contribution in [0.2, 0.25) is 0 Å². The van der Waals surface area contributed by atoms with Gasteiger partial charge in [-0.15, -0.1) is 0 Å². The van der Waals surface area contributed by atoms with Crippen LogP contribution in [0.25, 0.3) is 0 Å². The molecule has 2 nitrogen and oxygen atoms in total. The van der Waals surface area contributed by atoms with E-state index >= 15 is 0 Å². The Morgan fingerprint density at radius 1 is 1.31 bits per heavy atom. The van der Waals surface area contributed by atoms with E-state index < -0.39 is 11.9 Å². The Bertz CT molecular complexity index is 366. The van der Waals surface area contributed by atoms with Gasteiger partial charge >= 0.3 is 6.18 Å². The van der Waals surface area contributed by atoms with Crippen LogP contribution >= 0.6 is 0 Å². The Morgan fingerprint density at radius 3 is 2.38 bits per heavy atom. The second-order valence-electron chi connectivity index (χ2n) is 4.33. The zero-order valence-corrected chi connectivity index (χ0v) is 8.81. The average molecular weight is 233 g/mol. The van der Waals surface area contributed by atoms with Gasteiger partial charge in [-0.1, -0.05) is 6.42 Å². The Morgan fingerprint density at radius 2 is 2.00 bits per heavy atom. The van der Waals surface area contributed by atoms with Crippen LogP contribution in [0.1, 0.15) is 37.2 Å². The van der Waals surface area contributed by atoms with E-state index in [0.29, 0.717) is 18.7 Å². The number of rotatable bonds is 3. The molecule has 0 saturated heterocycles. The third-order valence-corrected chi connectivity index (χ3v) is 3.34. The van der Waals surface area contributed by atoms with E-state index in [1.807, 2.05) is 0 Å². The molecule has 0 radical (unpaired) electrons. The summed E-state index contributed by atoms with van der Waals surface area (Å²) in [6, 6.07) is 2.45. The first-order valence-corrected chi connectivity index (χ1v) is 5.35. The molecule has 2 N–H and O–H groups in total. The van der Waals surface area contributed by atoms with Crippen molar-refractivity contribution in [2.24, 2.45) is 5.73 Å². The molecule has 90 valence electrons. The third kappa shape index (κ3) is 1.84. The predicted octanol–water partition coefficient (Wildman–Crippen LogP) is 3.07. The van der Waals surface area contributed by atoms with Gasteiger partial charge in [-0.25, -0.2) is 0 Å². The van der Waals surface area contributed by atoms with E-state index in [-0.39, 0.29) is 5.41 Å². The fourth-order valence-electron chi connectivity index (χ4n) is 2.27. The van der Waals surface area contributed by atoms with E-state index in [1.54, 1.807) is 0 Å². The predicted molar refractivity (Wildman–Crippen MR) is 52.9 cm³/mol. The highest BCUT2D eigenvalue weighted by Gasteiger charge is 2.43. The Kier molecular flexibility index (Phi) is 2.74. The molecule has 1 aromatic rings. The summed E-state index contributed by atoms with van der Waals surface area (Å²) in [6.07, 6.45) is -0.935. The molecular weight excluding hydrogens is 219 g/mol. The van der Waals surface area contributed by atoms with Gasteiger partial charge in [0.15, 0.2) is 0 Å². The molecule has 1 heterocycles. The minimum atomic E-state index is -4.40. The quantitative estimate of drug-likeness (QED) is 0.871. The molecule has 0 aromatic carbocycles. The van der Waals surface area contributed by atoms with Crippen LogP contribution in [-0.2, 0) is 11.6 Å². The number of nitrogens with two attached hydrogens (primary N) is 1. The lowest BCUT2D eigenvalue weighted by Crippen LogP contribution is -2.36. The molecule has 0 atom stereocenters. The van der Waals surface area contributed by atoms with Gasteiger partial charge in [0, 0.05) is 5.41 Å². The molecule has 0 aliphatic heterocycles. The summed E-state index contributed by atoms with van der Waals surface area (Å²) >= 11 is 0. The van der Waals surface area contributed by atoms with Crippen LogP contribution in [0.3, 0.4) is 0 Å². The zero-order valence-electron chi connectivity index (χ0n) is 8.81. The molecule has 1 aliphatic rings. The van der Waals surface area contributed by atoms with Gasteiger partial charge in [-0.2, -0.15) is 13.2 Å². The van der Waals surface area contributed by atoms with Crippen LogP contribution in [0.5, 0.6) is 0 Å². The van der Waals surface area contributed by atoms with Crippen molar-refractivity contribution in [1.82, 2.24) is 0 Å². The highest BCUT2D eigenvalue weighted by atomic mass is 19.4. The molecule has 0 spiro atoms. The van der Waals surface area contributed by atoms with Gasteiger partial charge < -0.3 is 10.2 Å². The maximum atomic E-state index is 12.4. The maximum absolute atomic E-state index is 12.4. The number of hydrogen-bond donors (Lipinski definition) is 1. The molecule has 16 heavy (non-hydrogen) atoms. The van der Waals surface area contributed by atoms with Crippen molar-refractivity contribution in [3.63, 3.8) is 0 Å². The average Bonchev–Trinajstić information content (AvgIpc) is 2.59. The number of hydrogen-bond acceptors (Lipinski definition) is 2. The number of halogens is 3. The molecule has 1 fully saturated rings. The first-order chi connectivity index (χ1) is 7.48. The summed E-state index contributed by atoms with van der Waals surface area (Å²) in [4.78, 5) is 0. The highest BCUT2D eigenvalue weighted by Crippen LogP contribution is 2.47. The Labute approximate surface area is 91.6 Å². The summed E-state index contributed by atoms with van der Waals surface area (Å²) in [6.45, 7) is 0.474. The van der Waals surface area contributed by atoms with Crippen molar-refractivity contribution in [2.45, 2.75) is 37.3 Å². The molecule has 1 saturated carbocycles. The van der Waals surface area contributed by atoms with Crippen LogP contribution in [0.15, 0.2) is 16.5 Å². The first-order valence-electron chi connectivity index (χ1n) is 5.35. The van der Waals surface area contributed by atoms with Crippen molar-refractivity contribution in [2.75, 3.05) is 6.54 Å². The van der Waals surface area contributed by atoms with Crippen LogP contribution in [0.4, 0.5) is 13.2 Å². The van der Waals surface area contributed by atoms with Gasteiger partial charge in [-0.05, 0) is 37.9 Å². The lowest BCUT2D eigenvalue weighted by molar-refractivity contribution is -0.154. The largest absolute Gasteiger partial charge is 0.456 e. The first kappa shape index (κ1) is 11.5. The second-order valence-corrected chi connectivity index (χ2v) is 4.33. The van der Waals surface area contributed by atoms with Gasteiger partial charge in [-0.3, -0.25) is 0 Å². The fraction of sp³-hybridized carbons (Fsp3) is 0.636. The molecule has 0 bridgehead atoms. The maximum Gasteiger partial charge on any atom is 0.449 e. The van der Waals surface area contributed by atoms with Crippen LogP contribution in [0, 0.1) is 0 Å². The fourth-order valence-corrected chi connectivity index (χ4v) is 2.27. The Hall–Kier alpha value is -0.970. The normalized spacial score (nSPS) is 19.5. The van der Waals surface area contributed by atoms with Crippen molar-refractivity contribution >= 4 is 0 Å². The molecule has 0 amide bonds. The van der Waals surface area contributed by atoms with E-state index in [1.165, 1.54) is 6.07 Å². The van der Waals surface area contributed by atoms with Gasteiger partial charge in [0.05, 0.1) is 0 Å². The summed E-state index contributed by atoms with van der Waals surface area (Å²) in [5, 5.41) is 0. The minimum Gasteiger partial charge on any atom is -0.456 e. The summed E-state index contributed by atoms with van der Waals surface area (Å²) in [5.74, 6) is -0.470. The topological polar surface area (TPSA) is 39.2 Å². The standard InChI is InChI=1S/C11H14F3NO/c12-11(13,14)9-3-2-8(16-9)10(6-7-15)4-1-5-10/h2-3H,1,4-7,15H2. The Balaban J connectivity index is 2.24. The summed E-state index contributed by atoms with van der Waals surface area (Å²) < 4.78 is 42.1. The molecule has 2 rings (SSSR count). The molecule has 1 aliphatic carbocycles. The van der Waals surface area contributed by atoms with E-state index in [0.717, 1.165) is 25.3 Å². The zero-order chi connectivity index (χ0) is 11.8. The summed E-state index contributed by atoms with van der Waals surface area (Å²) in [7, 11) is 0. The van der Waals surface area contributed by atoms with Crippen molar-refractivity contribution in [3.05, 3.63) is 23.7 Å². The minimum absolute atomic E-state index is 0.238. The second kappa shape index (κ2) is 3.80. The van der Waals surface area contributed by atoms with Gasteiger partial charge in [0.25, 0.3) is 0 Å². The lowest BCUT2D eigenvalue weighted by atomic mass is 9.65. The molecule has 5 heteroatoms. The molecule has 0 unspecified atom stereocenters. The smallest absolute Gasteiger partial charge is 0.449 e. The van der Waals surface area contributed by atoms with Crippen molar-refractivity contribution in [1.29, 1.82) is 0 Å². The third-order valence-electron chi connectivity index (χ3n) is 3.34. The van der Waals surface area contributed by atoms with Crippen molar-refractivity contribution in [3.8, 4) is 0 Å². The van der Waals surface area contributed by atoms with Crippen molar-refractivity contribution < 1.29 is 17.6 Å². The molecular formula is C11H14F3NO. The van der Waals surface area contributed by atoms with E-state index in [4.69, 9.17) is 10.2 Å². The van der Waals surface area contributed by atoms with E-state index in [9.17, 15) is 13.2 Å². The highest BCUT2D eigenvalue weighted by molar-refractivity contribution is 5.21. The van der Waals surface area contributed by atoms with Crippen LogP contribution in [-0.4, -0.2) is 6.54 Å². The van der Waals surface area contributed by atoms with E-state index in [2.05, 4.69) is 0 Å². The SMILES string of the molecule is NCCC1(c2ccc(C(F)(F)F)o2)CCC1. The van der Waals surface area contributed by atoms with Gasteiger partial charge in [0.1, 0.15) is 5.76 Å². The number of furan rings is 1. The van der Waals surface area contributed by atoms with Gasteiger partial charge in [0.2, 0.25) is 5.76 Å².